The summed E-state index contributed by atoms with van der Waals surface area (Å²) in [5.41, 5.74) is 0.943. The summed E-state index contributed by atoms with van der Waals surface area (Å²) >= 11 is 6.05. The molecule has 128 valence electrons. The summed E-state index contributed by atoms with van der Waals surface area (Å²) in [4.78, 5) is 12.1. The minimum atomic E-state index is -0.729. The van der Waals surface area contributed by atoms with Crippen LogP contribution in [0.2, 0.25) is 5.02 Å². The maximum atomic E-state index is 12.1. The molecule has 3 N–H and O–H groups in total. The number of anilines is 1. The van der Waals surface area contributed by atoms with Gasteiger partial charge >= 0.3 is 0 Å². The molecule has 0 bridgehead atoms. The van der Waals surface area contributed by atoms with Gasteiger partial charge in [0.25, 0.3) is 0 Å². The standard InChI is InChI=1S/C17H25ClN2O3/c1-12-3-4-14(10-15(12)18)20-16(21)9-13(2)19-11-17(22)5-7-23-8-6-17/h3-4,10,13,19,22H,5-9,11H2,1-2H3,(H,20,21). The predicted molar refractivity (Wildman–Crippen MR) is 91.9 cm³/mol. The van der Waals surface area contributed by atoms with Crippen molar-refractivity contribution in [2.24, 2.45) is 0 Å². The lowest BCUT2D eigenvalue weighted by atomic mass is 9.94. The highest BCUT2D eigenvalue weighted by atomic mass is 35.5. The highest BCUT2D eigenvalue weighted by Gasteiger charge is 2.29. The van der Waals surface area contributed by atoms with Gasteiger partial charge in [-0.1, -0.05) is 17.7 Å². The van der Waals surface area contributed by atoms with Crippen molar-refractivity contribution in [3.63, 3.8) is 0 Å². The lowest BCUT2D eigenvalue weighted by molar-refractivity contribution is -0.116. The van der Waals surface area contributed by atoms with Crippen LogP contribution in [-0.2, 0) is 9.53 Å². The molecule has 1 atom stereocenters. The molecule has 1 unspecified atom stereocenters. The Bertz CT molecular complexity index is 545. The van der Waals surface area contributed by atoms with Crippen molar-refractivity contribution in [2.75, 3.05) is 25.1 Å². The molecule has 0 aliphatic carbocycles. The Morgan fingerprint density at radius 2 is 2.13 bits per heavy atom. The van der Waals surface area contributed by atoms with Crippen LogP contribution < -0.4 is 10.6 Å². The van der Waals surface area contributed by atoms with Crippen LogP contribution in [-0.4, -0.2) is 42.4 Å². The second kappa shape index (κ2) is 8.11. The van der Waals surface area contributed by atoms with Crippen LogP contribution in [0.25, 0.3) is 0 Å². The normalized spacial score (nSPS) is 18.4. The van der Waals surface area contributed by atoms with Gasteiger partial charge in [0.05, 0.1) is 5.60 Å². The molecule has 2 rings (SSSR count). The van der Waals surface area contributed by atoms with Crippen molar-refractivity contribution >= 4 is 23.2 Å². The van der Waals surface area contributed by atoms with Crippen molar-refractivity contribution in [1.29, 1.82) is 0 Å². The number of aryl methyl sites for hydroxylation is 1. The van der Waals surface area contributed by atoms with Crippen molar-refractivity contribution < 1.29 is 14.6 Å². The van der Waals surface area contributed by atoms with Gasteiger partial charge in [-0.05, 0) is 31.5 Å². The van der Waals surface area contributed by atoms with E-state index in [2.05, 4.69) is 10.6 Å². The number of carbonyl (C=O) groups is 1. The summed E-state index contributed by atoms with van der Waals surface area (Å²) < 4.78 is 5.26. The Hall–Kier alpha value is -1.14. The van der Waals surface area contributed by atoms with E-state index in [4.69, 9.17) is 16.3 Å². The fraction of sp³-hybridized carbons (Fsp3) is 0.588. The molecule has 1 aromatic rings. The van der Waals surface area contributed by atoms with E-state index in [0.717, 1.165) is 5.56 Å². The van der Waals surface area contributed by atoms with Crippen molar-refractivity contribution in [1.82, 2.24) is 5.32 Å². The first-order chi connectivity index (χ1) is 10.9. The van der Waals surface area contributed by atoms with E-state index in [1.807, 2.05) is 26.0 Å². The van der Waals surface area contributed by atoms with Gasteiger partial charge in [0.15, 0.2) is 0 Å². The Morgan fingerprint density at radius 3 is 2.78 bits per heavy atom. The van der Waals surface area contributed by atoms with Crippen molar-refractivity contribution in [3.05, 3.63) is 28.8 Å². The van der Waals surface area contributed by atoms with Crippen LogP contribution in [0.4, 0.5) is 5.69 Å². The molecule has 0 saturated carbocycles. The predicted octanol–water partition coefficient (Wildman–Crippen LogP) is 2.50. The first-order valence-corrected chi connectivity index (χ1v) is 8.35. The highest BCUT2D eigenvalue weighted by molar-refractivity contribution is 6.31. The number of nitrogens with one attached hydrogen (secondary N) is 2. The summed E-state index contributed by atoms with van der Waals surface area (Å²) in [7, 11) is 0. The zero-order valence-corrected chi connectivity index (χ0v) is 14.4. The number of hydrogen-bond acceptors (Lipinski definition) is 4. The zero-order valence-electron chi connectivity index (χ0n) is 13.7. The number of carbonyl (C=O) groups excluding carboxylic acids is 1. The average Bonchev–Trinajstić information content (AvgIpc) is 2.50. The topological polar surface area (TPSA) is 70.6 Å². The van der Waals surface area contributed by atoms with Gasteiger partial charge in [0.2, 0.25) is 5.91 Å². The number of halogens is 1. The molecule has 0 spiro atoms. The largest absolute Gasteiger partial charge is 0.388 e. The smallest absolute Gasteiger partial charge is 0.225 e. The minimum Gasteiger partial charge on any atom is -0.388 e. The third-order valence-corrected chi connectivity index (χ3v) is 4.56. The molecule has 1 aromatic carbocycles. The summed E-state index contributed by atoms with van der Waals surface area (Å²) in [6, 6.07) is 5.43. The molecular weight excluding hydrogens is 316 g/mol. The van der Waals surface area contributed by atoms with Crippen LogP contribution in [0.1, 0.15) is 31.7 Å². The van der Waals surface area contributed by atoms with Gasteiger partial charge in [0.1, 0.15) is 0 Å². The first kappa shape index (κ1) is 18.2. The molecule has 1 amide bonds. The molecule has 1 aliphatic rings. The summed E-state index contributed by atoms with van der Waals surface area (Å²) in [6.45, 7) is 5.50. The van der Waals surface area contributed by atoms with E-state index in [0.29, 0.717) is 49.7 Å². The van der Waals surface area contributed by atoms with E-state index in [9.17, 15) is 9.90 Å². The van der Waals surface area contributed by atoms with Crippen LogP contribution in [0.5, 0.6) is 0 Å². The molecule has 1 saturated heterocycles. The monoisotopic (exact) mass is 340 g/mol. The van der Waals surface area contributed by atoms with E-state index in [1.165, 1.54) is 0 Å². The molecule has 23 heavy (non-hydrogen) atoms. The highest BCUT2D eigenvalue weighted by Crippen LogP contribution is 2.21. The van der Waals surface area contributed by atoms with Gasteiger partial charge < -0.3 is 20.5 Å². The molecule has 0 aromatic heterocycles. The Labute approximate surface area is 142 Å². The number of rotatable bonds is 6. The molecule has 1 aliphatic heterocycles. The van der Waals surface area contributed by atoms with Crippen LogP contribution in [0.15, 0.2) is 18.2 Å². The molecule has 5 nitrogen and oxygen atoms in total. The van der Waals surface area contributed by atoms with Crippen LogP contribution >= 0.6 is 11.6 Å². The van der Waals surface area contributed by atoms with Crippen LogP contribution in [0.3, 0.4) is 0 Å². The number of benzene rings is 1. The second-order valence-corrected chi connectivity index (χ2v) is 6.74. The summed E-state index contributed by atoms with van der Waals surface area (Å²) in [6.07, 6.45) is 1.58. The molecule has 0 radical (unpaired) electrons. The third kappa shape index (κ3) is 5.77. The zero-order chi connectivity index (χ0) is 16.9. The maximum absolute atomic E-state index is 12.1. The van der Waals surface area contributed by atoms with E-state index >= 15 is 0 Å². The van der Waals surface area contributed by atoms with E-state index in [-0.39, 0.29) is 11.9 Å². The number of amides is 1. The van der Waals surface area contributed by atoms with Crippen molar-refractivity contribution in [3.8, 4) is 0 Å². The molecule has 1 heterocycles. The van der Waals surface area contributed by atoms with Crippen LogP contribution in [0, 0.1) is 6.92 Å². The van der Waals surface area contributed by atoms with Gasteiger partial charge in [-0.15, -0.1) is 0 Å². The lowest BCUT2D eigenvalue weighted by Crippen LogP contribution is -2.47. The minimum absolute atomic E-state index is 0.0252. The first-order valence-electron chi connectivity index (χ1n) is 7.97. The van der Waals surface area contributed by atoms with E-state index < -0.39 is 5.60 Å². The number of hydrogen-bond donors (Lipinski definition) is 3. The Balaban J connectivity index is 1.76. The summed E-state index contributed by atoms with van der Waals surface area (Å²) in [5.74, 6) is -0.0797. The fourth-order valence-electron chi connectivity index (χ4n) is 2.53. The molecule has 1 fully saturated rings. The molecule has 6 heteroatoms. The SMILES string of the molecule is Cc1ccc(NC(=O)CC(C)NCC2(O)CCOCC2)cc1Cl. The molecular formula is C17H25ClN2O3. The van der Waals surface area contributed by atoms with E-state index in [1.54, 1.807) is 6.07 Å². The average molecular weight is 341 g/mol. The van der Waals surface area contributed by atoms with Gasteiger partial charge in [0, 0.05) is 55.8 Å². The van der Waals surface area contributed by atoms with Gasteiger partial charge in [-0.25, -0.2) is 0 Å². The van der Waals surface area contributed by atoms with Gasteiger partial charge in [-0.3, -0.25) is 4.79 Å². The second-order valence-electron chi connectivity index (χ2n) is 6.33. The maximum Gasteiger partial charge on any atom is 0.225 e. The Kier molecular flexibility index (Phi) is 6.41. The number of aliphatic hydroxyl groups is 1. The van der Waals surface area contributed by atoms with Gasteiger partial charge in [-0.2, -0.15) is 0 Å². The third-order valence-electron chi connectivity index (χ3n) is 4.15. The Morgan fingerprint density at radius 1 is 1.43 bits per heavy atom. The fourth-order valence-corrected chi connectivity index (χ4v) is 2.71. The van der Waals surface area contributed by atoms with Crippen molar-refractivity contribution in [2.45, 2.75) is 44.8 Å². The quantitative estimate of drug-likeness (QED) is 0.744. The summed E-state index contributed by atoms with van der Waals surface area (Å²) in [5, 5.41) is 17.1. The lowest BCUT2D eigenvalue weighted by Gasteiger charge is -2.33. The number of ether oxygens (including phenoxy) is 1.